The third-order valence-electron chi connectivity index (χ3n) is 3.05. The highest BCUT2D eigenvalue weighted by atomic mass is 16.2. The van der Waals surface area contributed by atoms with Crippen LogP contribution in [0.3, 0.4) is 0 Å². The Kier molecular flexibility index (Phi) is 3.13. The Morgan fingerprint density at radius 3 is 2.50 bits per heavy atom. The molecule has 0 aromatic heterocycles. The van der Waals surface area contributed by atoms with Crippen LogP contribution in [-0.4, -0.2) is 17.5 Å². The molecule has 0 aromatic rings. The van der Waals surface area contributed by atoms with E-state index in [0.29, 0.717) is 0 Å². The Morgan fingerprint density at radius 1 is 1.43 bits per heavy atom. The van der Waals surface area contributed by atoms with Crippen molar-refractivity contribution in [3.63, 3.8) is 0 Å². The zero-order chi connectivity index (χ0) is 10.8. The van der Waals surface area contributed by atoms with Gasteiger partial charge < -0.3 is 5.32 Å². The van der Waals surface area contributed by atoms with Gasteiger partial charge in [-0.05, 0) is 19.3 Å². The number of hydrogen-bond donors (Lipinski definition) is 2. The molecule has 1 fully saturated rings. The molecular formula is C10H18N2O2. The van der Waals surface area contributed by atoms with Gasteiger partial charge in [0.2, 0.25) is 0 Å². The summed E-state index contributed by atoms with van der Waals surface area (Å²) in [5, 5.41) is 4.96. The van der Waals surface area contributed by atoms with E-state index in [9.17, 15) is 9.59 Å². The molecule has 0 aromatic carbocycles. The molecule has 2 unspecified atom stereocenters. The molecule has 14 heavy (non-hydrogen) atoms. The molecule has 2 atom stereocenters. The predicted molar refractivity (Wildman–Crippen MR) is 53.8 cm³/mol. The molecule has 1 rings (SSSR count). The lowest BCUT2D eigenvalue weighted by Gasteiger charge is -2.28. The van der Waals surface area contributed by atoms with Crippen LogP contribution in [0.15, 0.2) is 0 Å². The smallest absolute Gasteiger partial charge is 0.322 e. The number of unbranched alkanes of at least 4 members (excludes halogenated alkanes) is 1. The van der Waals surface area contributed by atoms with E-state index in [-0.39, 0.29) is 17.9 Å². The molecule has 0 bridgehead atoms. The second-order valence-electron chi connectivity index (χ2n) is 4.15. The molecule has 1 heterocycles. The topological polar surface area (TPSA) is 58.2 Å². The minimum absolute atomic E-state index is 0.175. The largest absolute Gasteiger partial charge is 0.323 e. The first-order valence-corrected chi connectivity index (χ1v) is 5.14. The zero-order valence-corrected chi connectivity index (χ0v) is 9.02. The standard InChI is InChI=1S/C10H18N2O2/c1-4-5-6-7(2)10(3)8(13)11-9(14)12-10/h7H,4-6H2,1-3H3,(H2,11,12,13,14). The van der Waals surface area contributed by atoms with Crippen molar-refractivity contribution in [2.45, 2.75) is 45.6 Å². The molecule has 2 N–H and O–H groups in total. The minimum atomic E-state index is -0.716. The molecule has 1 aliphatic heterocycles. The van der Waals surface area contributed by atoms with Gasteiger partial charge in [0, 0.05) is 0 Å². The Labute approximate surface area is 84.4 Å². The van der Waals surface area contributed by atoms with Crippen LogP contribution in [0.1, 0.15) is 40.0 Å². The van der Waals surface area contributed by atoms with Gasteiger partial charge in [0.05, 0.1) is 0 Å². The van der Waals surface area contributed by atoms with E-state index in [1.165, 1.54) is 0 Å². The summed E-state index contributed by atoms with van der Waals surface area (Å²) in [4.78, 5) is 22.5. The lowest BCUT2D eigenvalue weighted by Crippen LogP contribution is -2.49. The van der Waals surface area contributed by atoms with Gasteiger partial charge in [-0.3, -0.25) is 10.1 Å². The average Bonchev–Trinajstić information content (AvgIpc) is 2.38. The van der Waals surface area contributed by atoms with Crippen LogP contribution in [0, 0.1) is 5.92 Å². The van der Waals surface area contributed by atoms with E-state index in [2.05, 4.69) is 17.6 Å². The Balaban J connectivity index is 2.64. The first-order valence-electron chi connectivity index (χ1n) is 5.14. The molecular weight excluding hydrogens is 180 g/mol. The van der Waals surface area contributed by atoms with Gasteiger partial charge in [-0.25, -0.2) is 4.79 Å². The fourth-order valence-corrected chi connectivity index (χ4v) is 1.70. The molecule has 1 aliphatic rings. The Hall–Kier alpha value is -1.06. The summed E-state index contributed by atoms with van der Waals surface area (Å²) in [6.45, 7) is 5.90. The van der Waals surface area contributed by atoms with Crippen molar-refractivity contribution in [1.82, 2.24) is 10.6 Å². The van der Waals surface area contributed by atoms with E-state index in [1.54, 1.807) is 6.92 Å². The normalized spacial score (nSPS) is 28.5. The van der Waals surface area contributed by atoms with E-state index < -0.39 is 5.54 Å². The SMILES string of the molecule is CCCCC(C)C1(C)NC(=O)NC1=O. The van der Waals surface area contributed by atoms with Crippen LogP contribution in [-0.2, 0) is 4.79 Å². The van der Waals surface area contributed by atoms with Crippen molar-refractivity contribution >= 4 is 11.9 Å². The number of urea groups is 1. The lowest BCUT2D eigenvalue weighted by molar-refractivity contribution is -0.125. The molecule has 1 saturated heterocycles. The maximum Gasteiger partial charge on any atom is 0.322 e. The zero-order valence-electron chi connectivity index (χ0n) is 9.02. The molecule has 0 radical (unpaired) electrons. The quantitative estimate of drug-likeness (QED) is 0.671. The third-order valence-corrected chi connectivity index (χ3v) is 3.05. The van der Waals surface area contributed by atoms with Crippen molar-refractivity contribution in [3.05, 3.63) is 0 Å². The van der Waals surface area contributed by atoms with E-state index >= 15 is 0 Å². The molecule has 4 nitrogen and oxygen atoms in total. The van der Waals surface area contributed by atoms with Gasteiger partial charge in [0.15, 0.2) is 0 Å². The first-order chi connectivity index (χ1) is 6.50. The highest BCUT2D eigenvalue weighted by Crippen LogP contribution is 2.25. The van der Waals surface area contributed by atoms with E-state index in [0.717, 1.165) is 19.3 Å². The molecule has 0 spiro atoms. The summed E-state index contributed by atoms with van der Waals surface area (Å²) in [6, 6.07) is -0.374. The third kappa shape index (κ3) is 1.89. The van der Waals surface area contributed by atoms with Crippen LogP contribution in [0.5, 0.6) is 0 Å². The summed E-state index contributed by atoms with van der Waals surface area (Å²) < 4.78 is 0. The maximum atomic E-state index is 11.5. The van der Waals surface area contributed by atoms with Gasteiger partial charge in [-0.15, -0.1) is 0 Å². The minimum Gasteiger partial charge on any atom is -0.323 e. The summed E-state index contributed by atoms with van der Waals surface area (Å²) >= 11 is 0. The average molecular weight is 198 g/mol. The van der Waals surface area contributed by atoms with Crippen LogP contribution in [0.25, 0.3) is 0 Å². The molecule has 4 heteroatoms. The first kappa shape index (κ1) is 11.0. The number of amides is 3. The number of rotatable bonds is 4. The second-order valence-corrected chi connectivity index (χ2v) is 4.15. The van der Waals surface area contributed by atoms with Crippen LogP contribution >= 0.6 is 0 Å². The fourth-order valence-electron chi connectivity index (χ4n) is 1.70. The van der Waals surface area contributed by atoms with Crippen molar-refractivity contribution in [2.24, 2.45) is 5.92 Å². The fraction of sp³-hybridized carbons (Fsp3) is 0.800. The van der Waals surface area contributed by atoms with Crippen molar-refractivity contribution < 1.29 is 9.59 Å². The molecule has 80 valence electrons. The number of hydrogen-bond acceptors (Lipinski definition) is 2. The number of nitrogens with one attached hydrogen (secondary N) is 2. The Morgan fingerprint density at radius 2 is 2.07 bits per heavy atom. The van der Waals surface area contributed by atoms with Crippen molar-refractivity contribution in [1.29, 1.82) is 0 Å². The highest BCUT2D eigenvalue weighted by molar-refractivity contribution is 6.06. The van der Waals surface area contributed by atoms with Gasteiger partial charge >= 0.3 is 6.03 Å². The summed E-state index contributed by atoms with van der Waals surface area (Å²) in [5.74, 6) is -0.0278. The van der Waals surface area contributed by atoms with Crippen molar-refractivity contribution in [2.75, 3.05) is 0 Å². The number of imide groups is 1. The summed E-state index contributed by atoms with van der Waals surface area (Å²) in [7, 11) is 0. The van der Waals surface area contributed by atoms with E-state index in [1.807, 2.05) is 6.92 Å². The van der Waals surface area contributed by atoms with Crippen LogP contribution in [0.2, 0.25) is 0 Å². The Bertz CT molecular complexity index is 253. The van der Waals surface area contributed by atoms with Crippen LogP contribution in [0.4, 0.5) is 4.79 Å². The summed E-state index contributed by atoms with van der Waals surface area (Å²) in [6.07, 6.45) is 3.15. The van der Waals surface area contributed by atoms with Gasteiger partial charge in [0.1, 0.15) is 5.54 Å². The monoisotopic (exact) mass is 198 g/mol. The molecule has 3 amide bonds. The number of carbonyl (C=O) groups excluding carboxylic acids is 2. The molecule has 0 aliphatic carbocycles. The molecule has 0 saturated carbocycles. The summed E-state index contributed by atoms with van der Waals surface area (Å²) in [5.41, 5.74) is -0.716. The number of carbonyl (C=O) groups is 2. The second kappa shape index (κ2) is 3.98. The maximum absolute atomic E-state index is 11.5. The van der Waals surface area contributed by atoms with Crippen LogP contribution < -0.4 is 10.6 Å². The van der Waals surface area contributed by atoms with Gasteiger partial charge in [-0.1, -0.05) is 26.7 Å². The highest BCUT2D eigenvalue weighted by Gasteiger charge is 2.45. The predicted octanol–water partition coefficient (Wildman–Crippen LogP) is 1.41. The van der Waals surface area contributed by atoms with Gasteiger partial charge in [0.25, 0.3) is 5.91 Å². The lowest BCUT2D eigenvalue weighted by atomic mass is 9.83. The van der Waals surface area contributed by atoms with Gasteiger partial charge in [-0.2, -0.15) is 0 Å². The van der Waals surface area contributed by atoms with Crippen molar-refractivity contribution in [3.8, 4) is 0 Å². The van der Waals surface area contributed by atoms with E-state index in [4.69, 9.17) is 0 Å².